The molecule has 0 amide bonds. The number of nitrogens with one attached hydrogen (secondary N) is 2. The Morgan fingerprint density at radius 2 is 1.78 bits per heavy atom. The van der Waals surface area contributed by atoms with E-state index < -0.39 is 0 Å². The quantitative estimate of drug-likeness (QED) is 0.250. The van der Waals surface area contributed by atoms with Crippen LogP contribution in [0.15, 0.2) is 42.5 Å². The molecule has 41 heavy (non-hydrogen) atoms. The third-order valence-electron chi connectivity index (χ3n) is 7.49. The van der Waals surface area contributed by atoms with E-state index in [1.165, 1.54) is 5.56 Å². The molecule has 1 aliphatic rings. The maximum Gasteiger partial charge on any atom is 0.236 e. The summed E-state index contributed by atoms with van der Waals surface area (Å²) in [5.74, 6) is 5.14. The number of hydrogen-bond acceptors (Lipinski definition) is 9. The number of tetrazole rings is 1. The number of hydrogen-bond donors (Lipinski definition) is 2. The largest absolute Gasteiger partial charge is 0.362 e. The van der Waals surface area contributed by atoms with Gasteiger partial charge in [-0.05, 0) is 68.8 Å². The summed E-state index contributed by atoms with van der Waals surface area (Å²) in [6, 6.07) is 14.8. The van der Waals surface area contributed by atoms with Crippen molar-refractivity contribution in [3.8, 4) is 5.95 Å². The maximum absolute atomic E-state index is 5.20. The van der Waals surface area contributed by atoms with Crippen LogP contribution >= 0.6 is 11.8 Å². The Bertz CT molecular complexity index is 1670. The van der Waals surface area contributed by atoms with Crippen molar-refractivity contribution in [3.63, 3.8) is 0 Å². The lowest BCUT2D eigenvalue weighted by molar-refractivity contribution is 0.725. The molecule has 1 unspecified atom stereocenters. The molecule has 0 bridgehead atoms. The molecule has 2 N–H and O–H groups in total. The molecule has 1 aliphatic heterocycles. The van der Waals surface area contributed by atoms with Crippen LogP contribution < -0.4 is 10.2 Å². The minimum Gasteiger partial charge on any atom is -0.362 e. The predicted octanol–water partition coefficient (Wildman–Crippen LogP) is 5.54. The summed E-state index contributed by atoms with van der Waals surface area (Å²) in [6.07, 6.45) is 4.63. The van der Waals surface area contributed by atoms with Crippen molar-refractivity contribution in [2.75, 3.05) is 34.8 Å². The zero-order chi connectivity index (χ0) is 28.3. The highest BCUT2D eigenvalue weighted by Gasteiger charge is 2.24. The van der Waals surface area contributed by atoms with Gasteiger partial charge in [0.05, 0.1) is 17.3 Å². The summed E-state index contributed by atoms with van der Waals surface area (Å²) >= 11 is 2.00. The van der Waals surface area contributed by atoms with E-state index in [1.807, 2.05) is 30.8 Å². The van der Waals surface area contributed by atoms with Crippen LogP contribution in [0, 0.1) is 20.8 Å². The van der Waals surface area contributed by atoms with Crippen molar-refractivity contribution >= 4 is 46.5 Å². The third-order valence-corrected chi connectivity index (χ3v) is 8.44. The molecule has 0 saturated carbocycles. The van der Waals surface area contributed by atoms with Crippen LogP contribution in [0.2, 0.25) is 0 Å². The fourth-order valence-electron chi connectivity index (χ4n) is 5.33. The molecule has 0 aliphatic carbocycles. The molecule has 6 rings (SSSR count). The van der Waals surface area contributed by atoms with E-state index in [0.29, 0.717) is 11.8 Å². The van der Waals surface area contributed by atoms with E-state index in [2.05, 4.69) is 98.6 Å². The highest BCUT2D eigenvalue weighted by molar-refractivity contribution is 7.99. The van der Waals surface area contributed by atoms with Gasteiger partial charge in [-0.25, -0.2) is 9.97 Å². The lowest BCUT2D eigenvalue weighted by Gasteiger charge is -2.32. The van der Waals surface area contributed by atoms with Gasteiger partial charge in [0.1, 0.15) is 11.6 Å². The Morgan fingerprint density at radius 3 is 2.51 bits per heavy atom. The molecular weight excluding hydrogens is 532 g/mol. The Hall–Kier alpha value is -4.25. The topological polar surface area (TPSA) is 113 Å². The van der Waals surface area contributed by atoms with E-state index in [0.717, 1.165) is 76.2 Å². The zero-order valence-corrected chi connectivity index (χ0v) is 24.6. The van der Waals surface area contributed by atoms with Crippen molar-refractivity contribution in [3.05, 3.63) is 76.5 Å². The Balaban J connectivity index is 1.47. The molecule has 0 radical (unpaired) electrons. The summed E-state index contributed by atoms with van der Waals surface area (Å²) in [7, 11) is 0. The van der Waals surface area contributed by atoms with Crippen molar-refractivity contribution in [2.24, 2.45) is 0 Å². The van der Waals surface area contributed by atoms with Gasteiger partial charge < -0.3 is 10.2 Å². The van der Waals surface area contributed by atoms with Gasteiger partial charge in [-0.3, -0.25) is 4.57 Å². The smallest absolute Gasteiger partial charge is 0.236 e. The first-order valence-electron chi connectivity index (χ1n) is 14.0. The minimum absolute atomic E-state index is 0.0250. The number of para-hydroxylation sites is 1. The number of anilines is 2. The molecule has 1 atom stereocenters. The van der Waals surface area contributed by atoms with Crippen molar-refractivity contribution in [1.29, 1.82) is 0 Å². The fourth-order valence-corrected chi connectivity index (χ4v) is 6.23. The molecule has 11 heteroatoms. The summed E-state index contributed by atoms with van der Waals surface area (Å²) < 4.78 is 2.08. The molecule has 210 valence electrons. The molecule has 1 saturated heterocycles. The first kappa shape index (κ1) is 26.9. The van der Waals surface area contributed by atoms with Crippen LogP contribution in [0.3, 0.4) is 0 Å². The number of thioether (sulfide) groups is 1. The number of rotatable bonds is 8. The number of benzene rings is 1. The lowest BCUT2D eigenvalue weighted by atomic mass is 10.0. The molecule has 4 aromatic heterocycles. The molecule has 5 aromatic rings. The number of aromatic amines is 1. The van der Waals surface area contributed by atoms with Gasteiger partial charge in [0, 0.05) is 52.5 Å². The third kappa shape index (κ3) is 5.54. The monoisotopic (exact) mass is 566 g/mol. The van der Waals surface area contributed by atoms with Gasteiger partial charge in [-0.1, -0.05) is 25.1 Å². The second kappa shape index (κ2) is 11.7. The Labute approximate surface area is 243 Å². The SMILES string of the molecule is CCC(Nc1nc(-n2c(C)ccc2C)nc(C)c1/C=C/c1nn[nH]n1)c1cc2ccccc2nc1N1CCSCC1. The number of pyridine rings is 1. The van der Waals surface area contributed by atoms with Gasteiger partial charge in [0.2, 0.25) is 5.95 Å². The summed E-state index contributed by atoms with van der Waals surface area (Å²) in [6.45, 7) is 10.3. The molecule has 1 aromatic carbocycles. The van der Waals surface area contributed by atoms with Crippen LogP contribution in [0.5, 0.6) is 0 Å². The van der Waals surface area contributed by atoms with E-state index >= 15 is 0 Å². The minimum atomic E-state index is -0.0250. The van der Waals surface area contributed by atoms with E-state index in [-0.39, 0.29) is 6.04 Å². The highest BCUT2D eigenvalue weighted by Crippen LogP contribution is 2.35. The highest BCUT2D eigenvalue weighted by atomic mass is 32.2. The number of aromatic nitrogens is 8. The molecule has 0 spiro atoms. The van der Waals surface area contributed by atoms with Crippen LogP contribution in [0.4, 0.5) is 11.6 Å². The standard InChI is InChI=1S/C30H34N10S/c1-5-25(24-18-22-8-6-7-9-26(22)33-29(24)39-14-16-41-17-15-39)32-28-23(12-13-27-35-37-38-36-27)21(4)31-30(34-28)40-19(2)10-11-20(40)3/h6-13,18,25H,5,14-17H2,1-4H3,(H,31,32,34)(H,35,36,37,38)/b13-12+. The maximum atomic E-state index is 5.20. The average Bonchev–Trinajstić information content (AvgIpc) is 3.64. The Morgan fingerprint density at radius 1 is 1.00 bits per heavy atom. The van der Waals surface area contributed by atoms with E-state index in [4.69, 9.17) is 15.0 Å². The lowest BCUT2D eigenvalue weighted by Crippen LogP contribution is -2.34. The molecule has 1 fully saturated rings. The Kier molecular flexibility index (Phi) is 7.69. The van der Waals surface area contributed by atoms with Gasteiger partial charge in [0.15, 0.2) is 5.82 Å². The van der Waals surface area contributed by atoms with Crippen LogP contribution in [-0.4, -0.2) is 64.7 Å². The van der Waals surface area contributed by atoms with E-state index in [1.54, 1.807) is 0 Å². The van der Waals surface area contributed by atoms with Gasteiger partial charge >= 0.3 is 0 Å². The van der Waals surface area contributed by atoms with Crippen molar-refractivity contribution in [1.82, 2.24) is 40.1 Å². The number of H-pyrrole nitrogens is 1. The normalized spacial score (nSPS) is 14.7. The zero-order valence-electron chi connectivity index (χ0n) is 23.8. The summed E-state index contributed by atoms with van der Waals surface area (Å²) in [5, 5.41) is 19.3. The van der Waals surface area contributed by atoms with Gasteiger partial charge in [0.25, 0.3) is 0 Å². The van der Waals surface area contributed by atoms with Crippen LogP contribution in [0.1, 0.15) is 53.4 Å². The predicted molar refractivity (Wildman–Crippen MR) is 167 cm³/mol. The number of nitrogens with zero attached hydrogens (tertiary/aromatic N) is 8. The first-order chi connectivity index (χ1) is 20.0. The second-order valence-corrected chi connectivity index (χ2v) is 11.4. The second-order valence-electron chi connectivity index (χ2n) is 10.2. The molecular formula is C30H34N10S. The number of fused-ring (bicyclic) bond motifs is 1. The average molecular weight is 567 g/mol. The van der Waals surface area contributed by atoms with Gasteiger partial charge in [-0.15, -0.1) is 10.2 Å². The van der Waals surface area contributed by atoms with Crippen LogP contribution in [-0.2, 0) is 0 Å². The number of aryl methyl sites for hydroxylation is 3. The van der Waals surface area contributed by atoms with Crippen molar-refractivity contribution < 1.29 is 0 Å². The molecule has 5 heterocycles. The fraction of sp³-hybridized carbons (Fsp3) is 0.333. The molecule has 10 nitrogen and oxygen atoms in total. The first-order valence-corrected chi connectivity index (χ1v) is 15.1. The van der Waals surface area contributed by atoms with Crippen molar-refractivity contribution in [2.45, 2.75) is 40.2 Å². The van der Waals surface area contributed by atoms with E-state index in [9.17, 15) is 0 Å². The summed E-state index contributed by atoms with van der Waals surface area (Å²) in [5.41, 5.74) is 6.09. The summed E-state index contributed by atoms with van der Waals surface area (Å²) in [4.78, 5) is 17.6. The van der Waals surface area contributed by atoms with Gasteiger partial charge in [-0.2, -0.15) is 22.0 Å². The van der Waals surface area contributed by atoms with Crippen LogP contribution in [0.25, 0.3) is 29.0 Å².